The van der Waals surface area contributed by atoms with Crippen molar-refractivity contribution in [3.05, 3.63) is 59.5 Å². The summed E-state index contributed by atoms with van der Waals surface area (Å²) in [6.45, 7) is 10.5. The molecule has 6 aliphatic rings. The monoisotopic (exact) mass is 1240 g/mol. The molecule has 86 heavy (non-hydrogen) atoms. The molecule has 2 bridgehead atoms. The summed E-state index contributed by atoms with van der Waals surface area (Å²) in [6, 6.07) is 0.672. The minimum Gasteiger partial charge on any atom is -0.456 e. The van der Waals surface area contributed by atoms with Gasteiger partial charge in [-0.15, -0.1) is 20.9 Å². The summed E-state index contributed by atoms with van der Waals surface area (Å²) in [5, 5.41) is 38.4. The van der Waals surface area contributed by atoms with E-state index in [2.05, 4.69) is 10.1 Å². The molecule has 1 saturated carbocycles. The van der Waals surface area contributed by atoms with E-state index >= 15 is 0 Å². The first-order chi connectivity index (χ1) is 40.9. The number of aliphatic hydroxyl groups is 3. The summed E-state index contributed by atoms with van der Waals surface area (Å²) in [4.78, 5) is 102. The number of amides is 3. The lowest BCUT2D eigenvalue weighted by Crippen LogP contribution is -2.64. The molecular formula is C60H86N6O18S2. The zero-order valence-corrected chi connectivity index (χ0v) is 52.3. The molecule has 4 fully saturated rings. The van der Waals surface area contributed by atoms with Gasteiger partial charge in [0.1, 0.15) is 36.7 Å². The molecule has 17 atom stereocenters. The fourth-order valence-electron chi connectivity index (χ4n) is 13.4. The van der Waals surface area contributed by atoms with Crippen molar-refractivity contribution in [1.29, 1.82) is 0 Å². The maximum absolute atomic E-state index is 14.7. The Balaban J connectivity index is 0.947. The number of thioether (sulfide) groups is 1. The fraction of sp³-hybridized carbons (Fsp3) is 0.717. The van der Waals surface area contributed by atoms with E-state index in [4.69, 9.17) is 28.4 Å². The number of allylic oxidation sites excluding steroid dienone is 2. The Morgan fingerprint density at radius 2 is 1.64 bits per heavy atom. The van der Waals surface area contributed by atoms with Crippen LogP contribution >= 0.6 is 11.8 Å². The third-order valence-electron chi connectivity index (χ3n) is 18.6. The summed E-state index contributed by atoms with van der Waals surface area (Å²) >= 11 is 1.05. The summed E-state index contributed by atoms with van der Waals surface area (Å²) < 4.78 is 65.2. The van der Waals surface area contributed by atoms with Crippen molar-refractivity contribution in [3.63, 3.8) is 0 Å². The number of piperidine rings is 1. The zero-order chi connectivity index (χ0) is 62.5. The van der Waals surface area contributed by atoms with Gasteiger partial charge in [-0.2, -0.15) is 12.7 Å². The Kier molecular flexibility index (Phi) is 22.3. The Morgan fingerprint density at radius 3 is 2.33 bits per heavy atom. The van der Waals surface area contributed by atoms with Gasteiger partial charge in [-0.25, -0.2) is 9.78 Å². The Hall–Kier alpha value is -5.03. The summed E-state index contributed by atoms with van der Waals surface area (Å²) in [6.07, 6.45) is 5.36. The maximum atomic E-state index is 14.7. The van der Waals surface area contributed by atoms with Crippen molar-refractivity contribution in [3.8, 4) is 0 Å². The van der Waals surface area contributed by atoms with Crippen LogP contribution in [0.4, 0.5) is 0 Å². The quantitative estimate of drug-likeness (QED) is 0.104. The summed E-state index contributed by atoms with van der Waals surface area (Å²) in [5.41, 5.74) is 2.95. The van der Waals surface area contributed by atoms with Gasteiger partial charge < -0.3 is 48.6 Å². The lowest BCUT2D eigenvalue weighted by Gasteiger charge is -2.47. The summed E-state index contributed by atoms with van der Waals surface area (Å²) in [5.74, 6) is -10.9. The SMILES string of the molecule is CC[C@@H]1/C=C(\C)[C@@H](O)[C@H](C)C[C@H](OC)[C@H]2O[C@@](O)(C(=O)C(=O)N3CCCC[C@H]3C(=O)O[C@H](/C(C)=C/[C@@H]3CC[C@@H](OC4CCc5c(ccn5C(=O)CCSC5CC(=O)N(S(=O)(=O)n6cncn6)C5=O)C4)[C@H](OC)C3)[C@H](C)[C@@H](O)CC1=O)[C@H](C)C[C@@H]2OC. The number of carbonyl (C=O) groups excluding carboxylic acids is 7. The van der Waals surface area contributed by atoms with Crippen LogP contribution in [0.25, 0.3) is 0 Å². The fourth-order valence-corrected chi connectivity index (χ4v) is 15.8. The van der Waals surface area contributed by atoms with Crippen LogP contribution in [0.1, 0.15) is 141 Å². The van der Waals surface area contributed by atoms with E-state index in [1.54, 1.807) is 51.6 Å². The first-order valence-corrected chi connectivity index (χ1v) is 32.6. The molecule has 2 aliphatic carbocycles. The highest BCUT2D eigenvalue weighted by atomic mass is 32.2. The average Bonchev–Trinajstić information content (AvgIpc) is 1.18. The third kappa shape index (κ3) is 14.3. The molecule has 0 aromatic carbocycles. The van der Waals surface area contributed by atoms with Crippen molar-refractivity contribution < 1.29 is 85.7 Å². The predicted octanol–water partition coefficient (Wildman–Crippen LogP) is 4.10. The van der Waals surface area contributed by atoms with Crippen molar-refractivity contribution in [1.82, 2.24) is 27.9 Å². The number of hydrogen-bond acceptors (Lipinski definition) is 21. The van der Waals surface area contributed by atoms with E-state index in [1.807, 2.05) is 26.0 Å². The normalized spacial score (nSPS) is 35.8. The molecule has 2 aromatic heterocycles. The minimum absolute atomic E-state index is 0.0211. The topological polar surface area (TPSA) is 312 Å². The van der Waals surface area contributed by atoms with E-state index in [9.17, 15) is 57.3 Å². The number of fused-ring (bicyclic) bond motifs is 4. The number of nitrogens with zero attached hydrogens (tertiary/aromatic N) is 6. The van der Waals surface area contributed by atoms with Crippen molar-refractivity contribution >= 4 is 63.1 Å². The van der Waals surface area contributed by atoms with E-state index in [0.717, 1.165) is 40.6 Å². The van der Waals surface area contributed by atoms with Gasteiger partial charge in [0.2, 0.25) is 17.6 Å². The maximum Gasteiger partial charge on any atom is 0.355 e. The number of aromatic nitrogens is 4. The van der Waals surface area contributed by atoms with Gasteiger partial charge in [0.05, 0.1) is 48.0 Å². The number of ether oxygens (including phenoxy) is 6. The molecule has 3 N–H and O–H groups in total. The number of carbonyl (C=O) groups is 7. The number of rotatable bonds is 14. The lowest BCUT2D eigenvalue weighted by atomic mass is 9.81. The van der Waals surface area contributed by atoms with Crippen molar-refractivity contribution in [2.24, 2.45) is 29.6 Å². The molecule has 0 spiro atoms. The van der Waals surface area contributed by atoms with Gasteiger partial charge in [-0.3, -0.25) is 33.3 Å². The largest absolute Gasteiger partial charge is 0.456 e. The van der Waals surface area contributed by atoms with Gasteiger partial charge in [0.15, 0.2) is 0 Å². The smallest absolute Gasteiger partial charge is 0.355 e. The van der Waals surface area contributed by atoms with Crippen molar-refractivity contribution in [2.75, 3.05) is 33.6 Å². The first kappa shape index (κ1) is 66.9. The number of cyclic esters (lactones) is 1. The molecule has 476 valence electrons. The molecule has 8 rings (SSSR count). The van der Waals surface area contributed by atoms with Crippen LogP contribution in [0, 0.1) is 29.6 Å². The van der Waals surface area contributed by atoms with Crippen LogP contribution < -0.4 is 0 Å². The molecule has 26 heteroatoms. The molecule has 0 radical (unpaired) electrons. The molecule has 24 nitrogen and oxygen atoms in total. The van der Waals surface area contributed by atoms with Crippen LogP contribution in [0.5, 0.6) is 0 Å². The molecule has 2 unspecified atom stereocenters. The van der Waals surface area contributed by atoms with Gasteiger partial charge in [-0.05, 0) is 119 Å². The molecule has 3 amide bonds. The Morgan fingerprint density at radius 1 is 0.919 bits per heavy atom. The molecule has 4 aliphatic heterocycles. The number of esters is 1. The molecular weight excluding hydrogens is 1160 g/mol. The Bertz CT molecular complexity index is 2970. The van der Waals surface area contributed by atoms with Gasteiger partial charge in [0.25, 0.3) is 17.6 Å². The number of hydrogen-bond donors (Lipinski definition) is 3. The van der Waals surface area contributed by atoms with Gasteiger partial charge >= 0.3 is 16.2 Å². The third-order valence-corrected chi connectivity index (χ3v) is 21.3. The second-order valence-electron chi connectivity index (χ2n) is 24.3. The van der Waals surface area contributed by atoms with E-state index in [1.165, 1.54) is 14.2 Å². The van der Waals surface area contributed by atoms with E-state index in [-0.39, 0.29) is 91.0 Å². The minimum atomic E-state index is -4.57. The molecule has 3 saturated heterocycles. The van der Waals surface area contributed by atoms with Gasteiger partial charge in [-0.1, -0.05) is 39.8 Å². The number of methoxy groups -OCH3 is 3. The molecule has 2 aromatic rings. The van der Waals surface area contributed by atoms with Crippen LogP contribution in [-0.2, 0) is 80.2 Å². The van der Waals surface area contributed by atoms with Gasteiger partial charge in [0, 0.05) is 89.0 Å². The number of Topliss-reactive ketones (excluding diaryl/α,β-unsaturated/α-hetero) is 2. The summed E-state index contributed by atoms with van der Waals surface area (Å²) in [7, 11) is -0.0173. The van der Waals surface area contributed by atoms with Crippen LogP contribution in [-0.4, -0.2) is 198 Å². The van der Waals surface area contributed by atoms with E-state index < -0.39 is 117 Å². The average molecular weight is 1240 g/mol. The standard InChI is InChI=1S/C60H86N6O18S2/c1-10-39-24-33(2)53(71)34(3)25-48(80-8)55-49(81-9)26-36(5)60(76,84-55)56(72)58(74)64-20-12-11-13-43(64)59(75)83-54(37(6)44(67)29-45(39)68)35(4)23-38-14-17-46(47(27-38)79-7)82-41-15-16-42-40(28-41)18-21-63(42)51(69)19-22-85-50-30-52(70)66(57(50)73)86(77,78)65-32-61-31-62-65/h18,21,23-24,31-32,34,36-39,41,43-44,46-50,53-55,67,71,76H,10-17,19-20,22,25-30H2,1-9H3/b33-24+,35-23+/t34-,36-,37-,38+,39-,41?,43+,44+,46-,47-,48+,49+,50?,53-,54-,55-,60-/m1/s1. The second-order valence-corrected chi connectivity index (χ2v) is 27.2. The number of imide groups is 1. The Labute approximate surface area is 507 Å². The predicted molar refractivity (Wildman–Crippen MR) is 311 cm³/mol. The van der Waals surface area contributed by atoms with Crippen LogP contribution in [0.15, 0.2) is 48.2 Å². The number of ketones is 2. The highest BCUT2D eigenvalue weighted by molar-refractivity contribution is 8.00. The first-order valence-electron chi connectivity index (χ1n) is 30.1. The highest BCUT2D eigenvalue weighted by Gasteiger charge is 2.57. The van der Waals surface area contributed by atoms with E-state index in [0.29, 0.717) is 73.0 Å². The highest BCUT2D eigenvalue weighted by Crippen LogP contribution is 2.40. The second kappa shape index (κ2) is 28.6. The van der Waals surface area contributed by atoms with Crippen molar-refractivity contribution in [2.45, 2.75) is 210 Å². The van der Waals surface area contributed by atoms with Crippen LogP contribution in [0.2, 0.25) is 0 Å². The molecule has 6 heterocycles. The lowest BCUT2D eigenvalue weighted by molar-refractivity contribution is -0.302. The van der Waals surface area contributed by atoms with Crippen LogP contribution in [0.3, 0.4) is 0 Å². The number of aliphatic hydroxyl groups excluding tert-OH is 2. The zero-order valence-electron chi connectivity index (χ0n) is 50.7.